The van der Waals surface area contributed by atoms with Gasteiger partial charge in [-0.2, -0.15) is 0 Å². The molecule has 1 atom stereocenters. The molecule has 0 aliphatic rings. The lowest BCUT2D eigenvalue weighted by atomic mass is 10.1. The molecule has 0 saturated heterocycles. The Hall–Kier alpha value is -1.14. The zero-order valence-electron chi connectivity index (χ0n) is 10.1. The Morgan fingerprint density at radius 1 is 1.28 bits per heavy atom. The Kier molecular flexibility index (Phi) is 4.54. The molecule has 1 unspecified atom stereocenters. The third-order valence-corrected chi connectivity index (χ3v) is 3.28. The molecule has 0 aliphatic carbocycles. The van der Waals surface area contributed by atoms with Crippen LogP contribution < -0.4 is 10.5 Å². The van der Waals surface area contributed by atoms with Gasteiger partial charge in [0.15, 0.2) is 0 Å². The maximum Gasteiger partial charge on any atom is 0.145 e. The first-order valence-corrected chi connectivity index (χ1v) is 6.92. The third kappa shape index (κ3) is 3.43. The SMILES string of the molecule is CCC(N)c1ccc(Oc2cccc(I)c2)cn1. The van der Waals surface area contributed by atoms with E-state index in [1.165, 1.54) is 0 Å². The Morgan fingerprint density at radius 2 is 2.11 bits per heavy atom. The van der Waals surface area contributed by atoms with Crippen molar-refractivity contribution in [3.63, 3.8) is 0 Å². The maximum atomic E-state index is 5.91. The van der Waals surface area contributed by atoms with Crippen LogP contribution in [0.1, 0.15) is 25.1 Å². The Balaban J connectivity index is 2.11. The number of hydrogen-bond donors (Lipinski definition) is 1. The first-order valence-electron chi connectivity index (χ1n) is 5.84. The minimum atomic E-state index is -0.00303. The molecule has 0 saturated carbocycles. The van der Waals surface area contributed by atoms with Crippen LogP contribution >= 0.6 is 22.6 Å². The molecule has 0 amide bonds. The zero-order valence-corrected chi connectivity index (χ0v) is 12.3. The number of benzene rings is 1. The highest BCUT2D eigenvalue weighted by Gasteiger charge is 2.05. The normalized spacial score (nSPS) is 12.2. The van der Waals surface area contributed by atoms with Gasteiger partial charge in [-0.15, -0.1) is 0 Å². The lowest BCUT2D eigenvalue weighted by Gasteiger charge is -2.09. The Morgan fingerprint density at radius 3 is 2.72 bits per heavy atom. The smallest absolute Gasteiger partial charge is 0.145 e. The van der Waals surface area contributed by atoms with Gasteiger partial charge in [0.25, 0.3) is 0 Å². The quantitative estimate of drug-likeness (QED) is 0.848. The molecule has 4 heteroatoms. The molecule has 2 N–H and O–H groups in total. The Labute approximate surface area is 121 Å². The fourth-order valence-corrected chi connectivity index (χ4v) is 2.06. The number of ether oxygens (including phenoxy) is 1. The van der Waals surface area contributed by atoms with Crippen molar-refractivity contribution < 1.29 is 4.74 Å². The van der Waals surface area contributed by atoms with Crippen molar-refractivity contribution in [2.45, 2.75) is 19.4 Å². The van der Waals surface area contributed by atoms with E-state index >= 15 is 0 Å². The van der Waals surface area contributed by atoms with Gasteiger partial charge in [0, 0.05) is 9.61 Å². The van der Waals surface area contributed by atoms with E-state index in [4.69, 9.17) is 10.5 Å². The van der Waals surface area contributed by atoms with Crippen molar-refractivity contribution in [3.05, 3.63) is 51.9 Å². The van der Waals surface area contributed by atoms with Crippen LogP contribution in [0.15, 0.2) is 42.6 Å². The third-order valence-electron chi connectivity index (χ3n) is 2.61. The molecule has 1 aromatic carbocycles. The summed E-state index contributed by atoms with van der Waals surface area (Å²) >= 11 is 2.25. The summed E-state index contributed by atoms with van der Waals surface area (Å²) in [6.45, 7) is 2.04. The van der Waals surface area contributed by atoms with Crippen molar-refractivity contribution in [3.8, 4) is 11.5 Å². The summed E-state index contributed by atoms with van der Waals surface area (Å²) in [5.74, 6) is 1.54. The highest BCUT2D eigenvalue weighted by molar-refractivity contribution is 14.1. The van der Waals surface area contributed by atoms with E-state index in [-0.39, 0.29) is 6.04 Å². The molecule has 0 fully saturated rings. The van der Waals surface area contributed by atoms with Gasteiger partial charge >= 0.3 is 0 Å². The van der Waals surface area contributed by atoms with E-state index in [0.717, 1.165) is 27.2 Å². The molecule has 1 aromatic heterocycles. The number of rotatable bonds is 4. The highest BCUT2D eigenvalue weighted by atomic mass is 127. The van der Waals surface area contributed by atoms with Gasteiger partial charge in [-0.3, -0.25) is 4.98 Å². The average Bonchev–Trinajstić information content (AvgIpc) is 2.39. The van der Waals surface area contributed by atoms with Crippen molar-refractivity contribution in [2.24, 2.45) is 5.73 Å². The average molecular weight is 354 g/mol. The topological polar surface area (TPSA) is 48.1 Å². The second-order valence-corrected chi connectivity index (χ2v) is 5.24. The number of hydrogen-bond acceptors (Lipinski definition) is 3. The largest absolute Gasteiger partial charge is 0.456 e. The summed E-state index contributed by atoms with van der Waals surface area (Å²) in [6.07, 6.45) is 2.59. The molecule has 2 aromatic rings. The minimum Gasteiger partial charge on any atom is -0.456 e. The molecule has 94 valence electrons. The van der Waals surface area contributed by atoms with Crippen LogP contribution in [0.4, 0.5) is 0 Å². The van der Waals surface area contributed by atoms with Crippen LogP contribution in [0.25, 0.3) is 0 Å². The number of nitrogens with zero attached hydrogens (tertiary/aromatic N) is 1. The highest BCUT2D eigenvalue weighted by Crippen LogP contribution is 2.23. The number of halogens is 1. The van der Waals surface area contributed by atoms with Gasteiger partial charge in [0.2, 0.25) is 0 Å². The van der Waals surface area contributed by atoms with Crippen LogP contribution in [0.3, 0.4) is 0 Å². The summed E-state index contributed by atoms with van der Waals surface area (Å²) in [7, 11) is 0. The second-order valence-electron chi connectivity index (χ2n) is 3.99. The number of pyridine rings is 1. The molecular formula is C14H15IN2O. The zero-order chi connectivity index (χ0) is 13.0. The van der Waals surface area contributed by atoms with Gasteiger partial charge in [-0.1, -0.05) is 13.0 Å². The van der Waals surface area contributed by atoms with Crippen LogP contribution in [0, 0.1) is 3.57 Å². The molecule has 0 radical (unpaired) electrons. The Bertz CT molecular complexity index is 513. The van der Waals surface area contributed by atoms with Crippen molar-refractivity contribution in [1.82, 2.24) is 4.98 Å². The first kappa shape index (κ1) is 13.3. The molecule has 1 heterocycles. The summed E-state index contributed by atoms with van der Waals surface area (Å²) < 4.78 is 6.86. The van der Waals surface area contributed by atoms with E-state index < -0.39 is 0 Å². The lowest BCUT2D eigenvalue weighted by Crippen LogP contribution is -2.10. The van der Waals surface area contributed by atoms with E-state index in [1.807, 2.05) is 43.3 Å². The second kappa shape index (κ2) is 6.15. The molecule has 0 aliphatic heterocycles. The molecule has 18 heavy (non-hydrogen) atoms. The molecule has 0 bridgehead atoms. The number of nitrogens with two attached hydrogens (primary N) is 1. The van der Waals surface area contributed by atoms with Gasteiger partial charge in [-0.25, -0.2) is 0 Å². The lowest BCUT2D eigenvalue weighted by molar-refractivity contribution is 0.478. The summed E-state index contributed by atoms with van der Waals surface area (Å²) in [4.78, 5) is 4.32. The van der Waals surface area contributed by atoms with Crippen LogP contribution in [-0.4, -0.2) is 4.98 Å². The van der Waals surface area contributed by atoms with E-state index in [2.05, 4.69) is 27.6 Å². The number of aromatic nitrogens is 1. The predicted octanol–water partition coefficient (Wildman–Crippen LogP) is 3.89. The van der Waals surface area contributed by atoms with E-state index in [9.17, 15) is 0 Å². The van der Waals surface area contributed by atoms with Crippen LogP contribution in [0.5, 0.6) is 11.5 Å². The van der Waals surface area contributed by atoms with Crippen molar-refractivity contribution >= 4 is 22.6 Å². The van der Waals surface area contributed by atoms with Crippen LogP contribution in [-0.2, 0) is 0 Å². The maximum absolute atomic E-state index is 5.91. The van der Waals surface area contributed by atoms with Gasteiger partial charge < -0.3 is 10.5 Å². The van der Waals surface area contributed by atoms with Gasteiger partial charge in [0.05, 0.1) is 11.9 Å². The molecular weight excluding hydrogens is 339 g/mol. The van der Waals surface area contributed by atoms with Gasteiger partial charge in [0.1, 0.15) is 11.5 Å². The van der Waals surface area contributed by atoms with Gasteiger partial charge in [-0.05, 0) is 59.3 Å². The van der Waals surface area contributed by atoms with E-state index in [1.54, 1.807) is 6.20 Å². The van der Waals surface area contributed by atoms with Crippen LogP contribution in [0.2, 0.25) is 0 Å². The first-order chi connectivity index (χ1) is 8.69. The predicted molar refractivity (Wildman–Crippen MR) is 80.7 cm³/mol. The summed E-state index contributed by atoms with van der Waals surface area (Å²) in [5.41, 5.74) is 6.81. The molecule has 0 spiro atoms. The van der Waals surface area contributed by atoms with E-state index in [0.29, 0.717) is 0 Å². The fourth-order valence-electron chi connectivity index (χ4n) is 1.55. The summed E-state index contributed by atoms with van der Waals surface area (Å²) in [6, 6.07) is 11.7. The monoisotopic (exact) mass is 354 g/mol. The van der Waals surface area contributed by atoms with Crippen molar-refractivity contribution in [2.75, 3.05) is 0 Å². The fraction of sp³-hybridized carbons (Fsp3) is 0.214. The van der Waals surface area contributed by atoms with Crippen molar-refractivity contribution in [1.29, 1.82) is 0 Å². The standard InChI is InChI=1S/C14H15IN2O/c1-2-13(16)14-7-6-12(9-17-14)18-11-5-3-4-10(15)8-11/h3-9,13H,2,16H2,1H3. The minimum absolute atomic E-state index is 0.00303. The summed E-state index contributed by atoms with van der Waals surface area (Å²) in [5, 5.41) is 0. The molecule has 2 rings (SSSR count). The molecule has 3 nitrogen and oxygen atoms in total.